The van der Waals surface area contributed by atoms with Crippen LogP contribution in [-0.4, -0.2) is 24.7 Å². The first-order chi connectivity index (χ1) is 5.20. The summed E-state index contributed by atoms with van der Waals surface area (Å²) in [6.07, 6.45) is 0. The fourth-order valence-electron chi connectivity index (χ4n) is 0.198. The van der Waals surface area contributed by atoms with Crippen molar-refractivity contribution < 1.29 is 26.3 Å². The van der Waals surface area contributed by atoms with Gasteiger partial charge in [-0.05, 0) is 0 Å². The molecular formula is CB2F3IO3S2. The molecule has 0 rings (SSSR count). The SMILES string of the molecule is O=BB(I)SS(=O)(=O)C(F)(F)F. The number of rotatable bonds is 3. The quantitative estimate of drug-likeness (QED) is 0.441. The van der Waals surface area contributed by atoms with E-state index in [4.69, 9.17) is 0 Å². The van der Waals surface area contributed by atoms with Crippen LogP contribution in [0.25, 0.3) is 0 Å². The van der Waals surface area contributed by atoms with E-state index < -0.39 is 28.8 Å². The van der Waals surface area contributed by atoms with Crippen molar-refractivity contribution in [3.8, 4) is 0 Å². The van der Waals surface area contributed by atoms with E-state index in [0.717, 1.165) is 0 Å². The molecule has 12 heavy (non-hydrogen) atoms. The summed E-state index contributed by atoms with van der Waals surface area (Å²) in [4.78, 5) is 0. The van der Waals surface area contributed by atoms with Crippen molar-refractivity contribution in [1.29, 1.82) is 0 Å². The molecule has 11 heteroatoms. The minimum absolute atomic E-state index is 0.120. The van der Waals surface area contributed by atoms with Gasteiger partial charge in [-0.3, -0.25) is 0 Å². The van der Waals surface area contributed by atoms with Crippen LogP contribution in [0.2, 0.25) is 0 Å². The van der Waals surface area contributed by atoms with Gasteiger partial charge in [0.15, 0.2) is 0 Å². The molecule has 0 saturated carbocycles. The first-order valence-corrected chi connectivity index (χ1v) is 6.42. The van der Waals surface area contributed by atoms with Gasteiger partial charge in [-0.25, -0.2) is 0 Å². The number of hydrogen-bond acceptors (Lipinski definition) is 4. The molecule has 0 bridgehead atoms. The van der Waals surface area contributed by atoms with E-state index in [0.29, 0.717) is 0 Å². The molecule has 0 radical (unpaired) electrons. The number of halogens is 4. The number of alkyl halides is 3. The Kier molecular flexibility index (Phi) is 4.58. The van der Waals surface area contributed by atoms with E-state index in [1.54, 1.807) is 0 Å². The molecular weight excluding hydrogens is 330 g/mol. The molecule has 0 fully saturated rings. The Hall–Kier alpha value is 0.750. The molecule has 0 aromatic carbocycles. The van der Waals surface area contributed by atoms with E-state index in [-0.39, 0.29) is 7.04 Å². The van der Waals surface area contributed by atoms with Gasteiger partial charge in [0, 0.05) is 0 Å². The first kappa shape index (κ1) is 12.7. The van der Waals surface area contributed by atoms with Gasteiger partial charge < -0.3 is 0 Å². The maximum atomic E-state index is 11.6. The second-order valence-corrected chi connectivity index (χ2v) is 7.64. The predicted molar refractivity (Wildman–Crippen MR) is 48.8 cm³/mol. The van der Waals surface area contributed by atoms with Gasteiger partial charge in [-0.2, -0.15) is 0 Å². The van der Waals surface area contributed by atoms with Crippen molar-refractivity contribution in [1.82, 2.24) is 0 Å². The van der Waals surface area contributed by atoms with Gasteiger partial charge in [0.25, 0.3) is 0 Å². The van der Waals surface area contributed by atoms with E-state index in [1.807, 2.05) is 0 Å². The van der Waals surface area contributed by atoms with Gasteiger partial charge in [0.1, 0.15) is 0 Å². The topological polar surface area (TPSA) is 51.2 Å². The molecule has 0 atom stereocenters. The molecule has 0 unspecified atom stereocenters. The van der Waals surface area contributed by atoms with Crippen LogP contribution in [0, 0.1) is 0 Å². The minimum atomic E-state index is -5.30. The molecule has 0 aliphatic rings. The Balaban J connectivity index is 4.57. The van der Waals surface area contributed by atoms with Crippen LogP contribution in [0.4, 0.5) is 13.2 Å². The molecule has 0 saturated heterocycles. The second-order valence-electron chi connectivity index (χ2n) is 1.48. The Morgan fingerprint density at radius 1 is 1.42 bits per heavy atom. The van der Waals surface area contributed by atoms with Crippen LogP contribution < -0.4 is 0 Å². The molecule has 0 aromatic heterocycles. The van der Waals surface area contributed by atoms with Crippen molar-refractivity contribution in [2.24, 2.45) is 0 Å². The zero-order valence-electron chi connectivity index (χ0n) is 5.21. The monoisotopic (exact) mass is 330 g/mol. The summed E-state index contributed by atoms with van der Waals surface area (Å²) >= 11 is 1.29. The van der Waals surface area contributed by atoms with Crippen LogP contribution in [0.15, 0.2) is 0 Å². The molecule has 0 aliphatic carbocycles. The molecule has 0 aromatic rings. The van der Waals surface area contributed by atoms with E-state index >= 15 is 0 Å². The Bertz CT molecular complexity index is 261. The summed E-state index contributed by atoms with van der Waals surface area (Å²) in [5, 5.41) is 0. The van der Waals surface area contributed by atoms with Gasteiger partial charge in [0.05, 0.1) is 0 Å². The van der Waals surface area contributed by atoms with E-state index in [1.165, 1.54) is 22.4 Å². The predicted octanol–water partition coefficient (Wildman–Crippen LogP) is 1.04. The fourth-order valence-corrected chi connectivity index (χ4v) is 4.24. The second kappa shape index (κ2) is 4.31. The van der Waals surface area contributed by atoms with Gasteiger partial charge in [-0.1, -0.05) is 0 Å². The zero-order valence-corrected chi connectivity index (χ0v) is 9.00. The Morgan fingerprint density at radius 2 is 1.83 bits per heavy atom. The van der Waals surface area contributed by atoms with Crippen LogP contribution in [-0.2, 0) is 13.6 Å². The number of hydrogen-bond donors (Lipinski definition) is 0. The van der Waals surface area contributed by atoms with Gasteiger partial charge in [0.2, 0.25) is 0 Å². The third kappa shape index (κ3) is 3.64. The van der Waals surface area contributed by atoms with Crippen LogP contribution >= 0.6 is 33.0 Å². The van der Waals surface area contributed by atoms with Crippen molar-refractivity contribution >= 4 is 52.7 Å². The van der Waals surface area contributed by atoms with Crippen molar-refractivity contribution in [2.45, 2.75) is 5.51 Å². The third-order valence-corrected chi connectivity index (χ3v) is 5.76. The molecule has 0 amide bonds. The summed E-state index contributed by atoms with van der Waals surface area (Å²) < 4.78 is 64.0. The summed E-state index contributed by atoms with van der Waals surface area (Å²) in [6.45, 7) is 0. The maximum absolute atomic E-state index is 11.6. The van der Waals surface area contributed by atoms with Crippen molar-refractivity contribution in [3.63, 3.8) is 0 Å². The molecule has 0 spiro atoms. The van der Waals surface area contributed by atoms with Crippen molar-refractivity contribution in [3.05, 3.63) is 0 Å². The van der Waals surface area contributed by atoms with Gasteiger partial charge >= 0.3 is 84.5 Å². The average Bonchev–Trinajstić information content (AvgIpc) is 1.84. The molecule has 68 valence electrons. The van der Waals surface area contributed by atoms with Gasteiger partial charge in [-0.15, -0.1) is 0 Å². The summed E-state index contributed by atoms with van der Waals surface area (Å²) in [6, 6.07) is 0. The first-order valence-electron chi connectivity index (χ1n) is 2.29. The summed E-state index contributed by atoms with van der Waals surface area (Å²) in [5.41, 5.74) is -5.30. The van der Waals surface area contributed by atoms with Crippen LogP contribution in [0.5, 0.6) is 0 Å². The third-order valence-electron chi connectivity index (χ3n) is 0.609. The van der Waals surface area contributed by atoms with Crippen molar-refractivity contribution in [2.75, 3.05) is 0 Å². The van der Waals surface area contributed by atoms with E-state index in [2.05, 4.69) is 0 Å². The molecule has 0 N–H and O–H groups in total. The zero-order chi connectivity index (χ0) is 9.99. The Morgan fingerprint density at radius 3 is 2.08 bits per heavy atom. The molecule has 3 nitrogen and oxygen atoms in total. The summed E-state index contributed by atoms with van der Waals surface area (Å²) in [7, 11) is -5.54. The fraction of sp³-hybridized carbons (Fsp3) is 1.00. The Labute approximate surface area is 84.2 Å². The average molecular weight is 330 g/mol. The molecule has 0 heterocycles. The molecule has 0 aliphatic heterocycles. The van der Waals surface area contributed by atoms with E-state index in [9.17, 15) is 26.3 Å². The van der Waals surface area contributed by atoms with Crippen LogP contribution in [0.3, 0.4) is 0 Å². The summed E-state index contributed by atoms with van der Waals surface area (Å²) in [5.74, 6) is 0. The standard InChI is InChI=1S/CB2F3IO3S2/c4-1(5,6)12(9,10)11-3(7)2-8. The normalized spacial score (nSPS) is 12.3. The van der Waals surface area contributed by atoms with Crippen LogP contribution in [0.1, 0.15) is 0 Å².